The second-order valence-corrected chi connectivity index (χ2v) is 5.17. The molecule has 1 atom stereocenters. The van der Waals surface area contributed by atoms with E-state index in [9.17, 15) is 4.79 Å². The molecular weight excluding hydrogens is 266 g/mol. The van der Waals surface area contributed by atoms with Crippen LogP contribution >= 0.6 is 11.6 Å². The van der Waals surface area contributed by atoms with Gasteiger partial charge in [-0.15, -0.1) is 0 Å². The third kappa shape index (κ3) is 3.85. The average molecular weight is 284 g/mol. The molecule has 104 valence electrons. The van der Waals surface area contributed by atoms with E-state index in [2.05, 4.69) is 4.90 Å². The molecule has 0 radical (unpaired) electrons. The molecule has 5 heteroatoms. The maximum atomic E-state index is 10.6. The Morgan fingerprint density at radius 1 is 1.58 bits per heavy atom. The predicted molar refractivity (Wildman–Crippen MR) is 73.9 cm³/mol. The van der Waals surface area contributed by atoms with Gasteiger partial charge < -0.3 is 9.84 Å². The molecule has 0 spiro atoms. The number of aliphatic carboxylic acids is 1. The van der Waals surface area contributed by atoms with Crippen LogP contribution in [0.15, 0.2) is 18.2 Å². The fourth-order valence-electron chi connectivity index (χ4n) is 2.31. The van der Waals surface area contributed by atoms with Gasteiger partial charge in [-0.05, 0) is 30.3 Å². The zero-order valence-corrected chi connectivity index (χ0v) is 11.7. The summed E-state index contributed by atoms with van der Waals surface area (Å²) < 4.78 is 5.85. The minimum Gasteiger partial charge on any atom is -0.488 e. The number of halogens is 1. The summed E-state index contributed by atoms with van der Waals surface area (Å²) in [6, 6.07) is 5.65. The number of hydrogen-bond acceptors (Lipinski definition) is 3. The second kappa shape index (κ2) is 6.26. The van der Waals surface area contributed by atoms with E-state index in [0.717, 1.165) is 35.8 Å². The molecule has 1 aromatic carbocycles. The molecule has 1 aromatic rings. The van der Waals surface area contributed by atoms with Crippen molar-refractivity contribution in [2.24, 2.45) is 0 Å². The van der Waals surface area contributed by atoms with Crippen molar-refractivity contribution in [1.82, 2.24) is 4.90 Å². The van der Waals surface area contributed by atoms with Crippen LogP contribution in [0.4, 0.5) is 0 Å². The van der Waals surface area contributed by atoms with E-state index in [-0.39, 0.29) is 12.5 Å². The van der Waals surface area contributed by atoms with Crippen molar-refractivity contribution in [3.8, 4) is 5.75 Å². The number of benzene rings is 1. The van der Waals surface area contributed by atoms with E-state index < -0.39 is 5.97 Å². The number of carboxylic acids is 1. The zero-order chi connectivity index (χ0) is 13.8. The van der Waals surface area contributed by atoms with Gasteiger partial charge in [0, 0.05) is 24.5 Å². The summed E-state index contributed by atoms with van der Waals surface area (Å²) in [5, 5.41) is 9.44. The number of hydrogen-bond donors (Lipinski definition) is 1. The Kier molecular flexibility index (Phi) is 4.66. The molecular formula is C14H18ClNO3. The van der Waals surface area contributed by atoms with Crippen molar-refractivity contribution in [3.05, 3.63) is 28.8 Å². The SMILES string of the molecule is CCN(CCC(=O)O)CC1Cc2cc(Cl)ccc2O1. The number of fused-ring (bicyclic) bond motifs is 1. The van der Waals surface area contributed by atoms with Gasteiger partial charge in [-0.2, -0.15) is 0 Å². The molecule has 0 amide bonds. The normalized spacial score (nSPS) is 17.3. The van der Waals surface area contributed by atoms with E-state index in [1.165, 1.54) is 0 Å². The molecule has 1 N–H and O–H groups in total. The molecule has 1 aliphatic heterocycles. The summed E-state index contributed by atoms with van der Waals surface area (Å²) in [6.07, 6.45) is 1.08. The van der Waals surface area contributed by atoms with Gasteiger partial charge >= 0.3 is 5.97 Å². The largest absolute Gasteiger partial charge is 0.488 e. The first-order valence-electron chi connectivity index (χ1n) is 6.47. The molecule has 0 aromatic heterocycles. The van der Waals surface area contributed by atoms with Crippen LogP contribution in [0.25, 0.3) is 0 Å². The summed E-state index contributed by atoms with van der Waals surface area (Å²) in [7, 11) is 0. The molecule has 0 saturated carbocycles. The van der Waals surface area contributed by atoms with Crippen LogP contribution in [0.5, 0.6) is 5.75 Å². The van der Waals surface area contributed by atoms with Crippen LogP contribution in [0.2, 0.25) is 5.02 Å². The Bertz CT molecular complexity index is 464. The number of likely N-dealkylation sites (N-methyl/N-ethyl adjacent to an activating group) is 1. The highest BCUT2D eigenvalue weighted by atomic mass is 35.5. The molecule has 0 fully saturated rings. The first-order valence-corrected chi connectivity index (χ1v) is 6.85. The van der Waals surface area contributed by atoms with Crippen LogP contribution < -0.4 is 4.74 Å². The molecule has 4 nitrogen and oxygen atoms in total. The lowest BCUT2D eigenvalue weighted by atomic mass is 10.1. The topological polar surface area (TPSA) is 49.8 Å². The first-order chi connectivity index (χ1) is 9.08. The van der Waals surface area contributed by atoms with Crippen molar-refractivity contribution >= 4 is 17.6 Å². The van der Waals surface area contributed by atoms with E-state index in [1.807, 2.05) is 25.1 Å². The maximum absolute atomic E-state index is 10.6. The summed E-state index contributed by atoms with van der Waals surface area (Å²) in [6.45, 7) is 4.16. The molecule has 1 aliphatic rings. The number of carboxylic acid groups (broad SMARTS) is 1. The van der Waals surface area contributed by atoms with Gasteiger partial charge in [0.2, 0.25) is 0 Å². The molecule has 0 bridgehead atoms. The Hall–Kier alpha value is -1.26. The maximum Gasteiger partial charge on any atom is 0.304 e. The molecule has 0 saturated heterocycles. The Balaban J connectivity index is 1.89. The van der Waals surface area contributed by atoms with Gasteiger partial charge in [-0.1, -0.05) is 18.5 Å². The smallest absolute Gasteiger partial charge is 0.304 e. The zero-order valence-electron chi connectivity index (χ0n) is 10.9. The van der Waals surface area contributed by atoms with E-state index >= 15 is 0 Å². The van der Waals surface area contributed by atoms with Gasteiger partial charge in [0.25, 0.3) is 0 Å². The van der Waals surface area contributed by atoms with E-state index in [0.29, 0.717) is 6.54 Å². The molecule has 1 heterocycles. The quantitative estimate of drug-likeness (QED) is 0.871. The Morgan fingerprint density at radius 2 is 2.37 bits per heavy atom. The standard InChI is InChI=1S/C14H18ClNO3/c1-2-16(6-5-14(17)18)9-12-8-10-7-11(15)3-4-13(10)19-12/h3-4,7,12H,2,5-6,8-9H2,1H3,(H,17,18). The summed E-state index contributed by atoms with van der Waals surface area (Å²) in [4.78, 5) is 12.7. The third-order valence-electron chi connectivity index (χ3n) is 3.31. The monoisotopic (exact) mass is 283 g/mol. The summed E-state index contributed by atoms with van der Waals surface area (Å²) >= 11 is 5.96. The van der Waals surface area contributed by atoms with Crippen LogP contribution in [0.3, 0.4) is 0 Å². The van der Waals surface area contributed by atoms with Crippen LogP contribution in [0.1, 0.15) is 18.9 Å². The fourth-order valence-corrected chi connectivity index (χ4v) is 2.51. The highest BCUT2D eigenvalue weighted by molar-refractivity contribution is 6.30. The summed E-state index contributed by atoms with van der Waals surface area (Å²) in [5.74, 6) is 0.129. The molecule has 0 aliphatic carbocycles. The minimum atomic E-state index is -0.763. The number of carbonyl (C=O) groups is 1. The van der Waals surface area contributed by atoms with Crippen LogP contribution in [-0.2, 0) is 11.2 Å². The predicted octanol–water partition coefficient (Wildman–Crippen LogP) is 2.44. The number of nitrogens with zero attached hydrogens (tertiary/aromatic N) is 1. The number of rotatable bonds is 6. The lowest BCUT2D eigenvalue weighted by Crippen LogP contribution is -2.36. The van der Waals surface area contributed by atoms with Crippen LogP contribution in [0, 0.1) is 0 Å². The third-order valence-corrected chi connectivity index (χ3v) is 3.55. The van der Waals surface area contributed by atoms with Crippen molar-refractivity contribution in [3.63, 3.8) is 0 Å². The highest BCUT2D eigenvalue weighted by Crippen LogP contribution is 2.31. The van der Waals surface area contributed by atoms with Gasteiger partial charge in [0.05, 0.1) is 6.42 Å². The fraction of sp³-hybridized carbons (Fsp3) is 0.500. The lowest BCUT2D eigenvalue weighted by molar-refractivity contribution is -0.137. The van der Waals surface area contributed by atoms with Crippen molar-refractivity contribution in [2.75, 3.05) is 19.6 Å². The van der Waals surface area contributed by atoms with Gasteiger partial charge in [0.1, 0.15) is 11.9 Å². The lowest BCUT2D eigenvalue weighted by Gasteiger charge is -2.23. The molecule has 2 rings (SSSR count). The summed E-state index contributed by atoms with van der Waals surface area (Å²) in [5.41, 5.74) is 1.13. The van der Waals surface area contributed by atoms with Crippen molar-refractivity contribution in [2.45, 2.75) is 25.9 Å². The Labute approximate surface area is 117 Å². The highest BCUT2D eigenvalue weighted by Gasteiger charge is 2.24. The van der Waals surface area contributed by atoms with Crippen LogP contribution in [-0.4, -0.2) is 41.7 Å². The first kappa shape index (κ1) is 14.2. The second-order valence-electron chi connectivity index (χ2n) is 4.73. The minimum absolute atomic E-state index is 0.0854. The van der Waals surface area contributed by atoms with E-state index in [4.69, 9.17) is 21.4 Å². The van der Waals surface area contributed by atoms with E-state index in [1.54, 1.807) is 0 Å². The molecule has 19 heavy (non-hydrogen) atoms. The van der Waals surface area contributed by atoms with Crippen molar-refractivity contribution < 1.29 is 14.6 Å². The molecule has 1 unspecified atom stereocenters. The van der Waals surface area contributed by atoms with Gasteiger partial charge in [-0.25, -0.2) is 0 Å². The van der Waals surface area contributed by atoms with Gasteiger partial charge in [-0.3, -0.25) is 9.69 Å². The van der Waals surface area contributed by atoms with Gasteiger partial charge in [0.15, 0.2) is 0 Å². The average Bonchev–Trinajstić information content (AvgIpc) is 2.75. The Morgan fingerprint density at radius 3 is 3.05 bits per heavy atom. The van der Waals surface area contributed by atoms with Crippen molar-refractivity contribution in [1.29, 1.82) is 0 Å². The number of ether oxygens (including phenoxy) is 1.